The average molecular weight is 414 g/mol. The van der Waals surface area contributed by atoms with Crippen LogP contribution in [0.25, 0.3) is 0 Å². The molecule has 2 amide bonds. The van der Waals surface area contributed by atoms with E-state index < -0.39 is 0 Å². The minimum atomic E-state index is -0.0532. The third-order valence-electron chi connectivity index (χ3n) is 5.38. The van der Waals surface area contributed by atoms with Gasteiger partial charge in [0.1, 0.15) is 0 Å². The van der Waals surface area contributed by atoms with Crippen LogP contribution < -0.4 is 5.32 Å². The minimum absolute atomic E-state index is 0.0532. The van der Waals surface area contributed by atoms with Crippen molar-refractivity contribution in [2.75, 3.05) is 32.7 Å². The van der Waals surface area contributed by atoms with E-state index in [2.05, 4.69) is 48.3 Å². The number of benzene rings is 1. The first-order valence-electron chi connectivity index (χ1n) is 10.4. The van der Waals surface area contributed by atoms with E-state index in [9.17, 15) is 9.59 Å². The second-order valence-electron chi connectivity index (χ2n) is 7.89. The average Bonchev–Trinajstić information content (AvgIpc) is 3.27. The van der Waals surface area contributed by atoms with Gasteiger partial charge in [0.25, 0.3) is 5.91 Å². The topological polar surface area (TPSA) is 52.6 Å². The molecule has 0 spiro atoms. The molecule has 1 aliphatic rings. The zero-order valence-corrected chi connectivity index (χ0v) is 18.2. The van der Waals surface area contributed by atoms with E-state index in [0.29, 0.717) is 30.2 Å². The molecule has 2 aromatic rings. The number of carbonyl (C=O) groups is 2. The zero-order chi connectivity index (χ0) is 20.6. The number of hydrogen-bond donors (Lipinski definition) is 1. The minimum Gasteiger partial charge on any atom is -0.351 e. The molecule has 1 aromatic heterocycles. The number of rotatable bonds is 8. The van der Waals surface area contributed by atoms with Gasteiger partial charge in [-0.15, -0.1) is 11.3 Å². The van der Waals surface area contributed by atoms with Crippen molar-refractivity contribution < 1.29 is 9.59 Å². The molecule has 0 unspecified atom stereocenters. The quantitative estimate of drug-likeness (QED) is 0.671. The highest BCUT2D eigenvalue weighted by Crippen LogP contribution is 2.16. The molecule has 0 saturated carbocycles. The van der Waals surface area contributed by atoms with Crippen LogP contribution >= 0.6 is 11.3 Å². The Morgan fingerprint density at radius 2 is 1.79 bits per heavy atom. The van der Waals surface area contributed by atoms with Gasteiger partial charge in [-0.3, -0.25) is 14.5 Å². The number of carbonyl (C=O) groups excluding carboxylic acids is 2. The van der Waals surface area contributed by atoms with Gasteiger partial charge in [-0.1, -0.05) is 44.2 Å². The van der Waals surface area contributed by atoms with Crippen molar-refractivity contribution in [3.63, 3.8) is 0 Å². The number of thiophene rings is 1. The van der Waals surface area contributed by atoms with Crippen molar-refractivity contribution in [3.05, 3.63) is 57.8 Å². The predicted molar refractivity (Wildman–Crippen MR) is 118 cm³/mol. The molecule has 3 rings (SSSR count). The van der Waals surface area contributed by atoms with Crippen LogP contribution in [0.5, 0.6) is 0 Å². The van der Waals surface area contributed by atoms with Crippen LogP contribution in [-0.2, 0) is 11.3 Å². The summed E-state index contributed by atoms with van der Waals surface area (Å²) in [4.78, 5) is 29.4. The van der Waals surface area contributed by atoms with Gasteiger partial charge in [-0.05, 0) is 34.9 Å². The van der Waals surface area contributed by atoms with Crippen LogP contribution in [0.4, 0.5) is 0 Å². The second kappa shape index (κ2) is 10.6. The highest BCUT2D eigenvalue weighted by molar-refractivity contribution is 7.12. The summed E-state index contributed by atoms with van der Waals surface area (Å²) in [6.07, 6.45) is 1.17. The van der Waals surface area contributed by atoms with Gasteiger partial charge < -0.3 is 10.2 Å². The van der Waals surface area contributed by atoms with Crippen LogP contribution in [0.15, 0.2) is 41.8 Å². The summed E-state index contributed by atoms with van der Waals surface area (Å²) in [5.41, 5.74) is 2.70. The Labute approximate surface area is 177 Å². The third-order valence-corrected chi connectivity index (χ3v) is 6.24. The van der Waals surface area contributed by atoms with Gasteiger partial charge in [-0.25, -0.2) is 0 Å². The van der Waals surface area contributed by atoms with Crippen LogP contribution in [0, 0.1) is 0 Å². The molecule has 5 nitrogen and oxygen atoms in total. The third kappa shape index (κ3) is 6.41. The van der Waals surface area contributed by atoms with Crippen LogP contribution in [0.1, 0.15) is 53.4 Å². The van der Waals surface area contributed by atoms with Gasteiger partial charge in [-0.2, -0.15) is 0 Å². The Balaban J connectivity index is 1.33. The first kappa shape index (κ1) is 21.5. The van der Waals surface area contributed by atoms with Crippen LogP contribution in [-0.4, -0.2) is 54.3 Å². The lowest BCUT2D eigenvalue weighted by Crippen LogP contribution is -2.48. The Hall–Kier alpha value is -2.18. The standard InChI is InChI=1S/C23H31N3O2S/c1-18(2)20-9-7-19(8-10-20)17-25-12-14-26(15-13-25)22(27)6-3-11-24-23(28)21-5-4-16-29-21/h4-5,7-10,16,18H,3,6,11-15,17H2,1-2H3,(H,24,28). The lowest BCUT2D eigenvalue weighted by Gasteiger charge is -2.35. The summed E-state index contributed by atoms with van der Waals surface area (Å²) in [6, 6.07) is 12.6. The van der Waals surface area contributed by atoms with E-state index in [1.807, 2.05) is 22.4 Å². The van der Waals surface area contributed by atoms with Gasteiger partial charge in [0.15, 0.2) is 0 Å². The maximum absolute atomic E-state index is 12.4. The molecule has 0 atom stereocenters. The molecule has 2 heterocycles. The predicted octanol–water partition coefficient (Wildman–Crippen LogP) is 3.73. The molecule has 1 fully saturated rings. The van der Waals surface area contributed by atoms with Crippen molar-refractivity contribution >= 4 is 23.2 Å². The zero-order valence-electron chi connectivity index (χ0n) is 17.4. The number of amides is 2. The van der Waals surface area contributed by atoms with Crippen molar-refractivity contribution in [1.29, 1.82) is 0 Å². The SMILES string of the molecule is CC(C)c1ccc(CN2CCN(C(=O)CCCNC(=O)c3cccs3)CC2)cc1. The van der Waals surface area contributed by atoms with Crippen molar-refractivity contribution in [1.82, 2.24) is 15.1 Å². The molecule has 1 saturated heterocycles. The van der Waals surface area contributed by atoms with Crippen molar-refractivity contribution in [2.45, 2.75) is 39.2 Å². The summed E-state index contributed by atoms with van der Waals surface area (Å²) >= 11 is 1.43. The Morgan fingerprint density at radius 3 is 2.41 bits per heavy atom. The molecule has 1 N–H and O–H groups in total. The summed E-state index contributed by atoms with van der Waals surface area (Å²) in [6.45, 7) is 9.28. The van der Waals surface area contributed by atoms with E-state index in [0.717, 1.165) is 32.7 Å². The number of nitrogens with zero attached hydrogens (tertiary/aromatic N) is 2. The maximum atomic E-state index is 12.4. The Morgan fingerprint density at radius 1 is 1.07 bits per heavy atom. The molecule has 1 aromatic carbocycles. The highest BCUT2D eigenvalue weighted by atomic mass is 32.1. The van der Waals surface area contributed by atoms with Crippen LogP contribution in [0.3, 0.4) is 0 Å². The molecular formula is C23H31N3O2S. The number of nitrogens with one attached hydrogen (secondary N) is 1. The Kier molecular flexibility index (Phi) is 7.83. The number of hydrogen-bond acceptors (Lipinski definition) is 4. The van der Waals surface area contributed by atoms with E-state index in [1.54, 1.807) is 0 Å². The molecule has 0 radical (unpaired) electrons. The van der Waals surface area contributed by atoms with Crippen molar-refractivity contribution in [2.24, 2.45) is 0 Å². The number of piperazine rings is 1. The molecule has 0 bridgehead atoms. The van der Waals surface area contributed by atoms with E-state index in [1.165, 1.54) is 22.5 Å². The highest BCUT2D eigenvalue weighted by Gasteiger charge is 2.20. The molecule has 6 heteroatoms. The van der Waals surface area contributed by atoms with E-state index in [4.69, 9.17) is 0 Å². The lowest BCUT2D eigenvalue weighted by atomic mass is 10.0. The van der Waals surface area contributed by atoms with Gasteiger partial charge in [0.05, 0.1) is 4.88 Å². The summed E-state index contributed by atoms with van der Waals surface area (Å²) in [5.74, 6) is 0.696. The summed E-state index contributed by atoms with van der Waals surface area (Å²) in [7, 11) is 0. The van der Waals surface area contributed by atoms with E-state index in [-0.39, 0.29) is 11.8 Å². The van der Waals surface area contributed by atoms with Gasteiger partial charge in [0.2, 0.25) is 5.91 Å². The molecular weight excluding hydrogens is 382 g/mol. The van der Waals surface area contributed by atoms with Gasteiger partial charge in [0, 0.05) is 45.7 Å². The first-order chi connectivity index (χ1) is 14.0. The normalized spacial score (nSPS) is 14.9. The maximum Gasteiger partial charge on any atom is 0.261 e. The molecule has 156 valence electrons. The largest absolute Gasteiger partial charge is 0.351 e. The summed E-state index contributed by atoms with van der Waals surface area (Å²) < 4.78 is 0. The Bertz CT molecular complexity index is 779. The lowest BCUT2D eigenvalue weighted by molar-refractivity contribution is -0.133. The fourth-order valence-electron chi connectivity index (χ4n) is 3.52. The first-order valence-corrected chi connectivity index (χ1v) is 11.3. The smallest absolute Gasteiger partial charge is 0.261 e. The second-order valence-corrected chi connectivity index (χ2v) is 8.84. The van der Waals surface area contributed by atoms with Crippen molar-refractivity contribution in [3.8, 4) is 0 Å². The fraction of sp³-hybridized carbons (Fsp3) is 0.478. The van der Waals surface area contributed by atoms with E-state index >= 15 is 0 Å². The summed E-state index contributed by atoms with van der Waals surface area (Å²) in [5, 5.41) is 4.77. The molecule has 29 heavy (non-hydrogen) atoms. The monoisotopic (exact) mass is 413 g/mol. The van der Waals surface area contributed by atoms with Crippen LogP contribution in [0.2, 0.25) is 0 Å². The van der Waals surface area contributed by atoms with Gasteiger partial charge >= 0.3 is 0 Å². The fourth-order valence-corrected chi connectivity index (χ4v) is 4.16. The molecule has 0 aliphatic carbocycles. The molecule has 1 aliphatic heterocycles.